The van der Waals surface area contributed by atoms with Gasteiger partial charge in [0.15, 0.2) is 11.5 Å². The van der Waals surface area contributed by atoms with Gasteiger partial charge in [-0.25, -0.2) is 5.14 Å². The first-order valence-corrected chi connectivity index (χ1v) is 11.1. The molecule has 0 spiro atoms. The summed E-state index contributed by atoms with van der Waals surface area (Å²) in [7, 11) is -4.01. The molecular weight excluding hydrogens is 392 g/mol. The Kier molecular flexibility index (Phi) is 4.83. The second-order valence-corrected chi connectivity index (χ2v) is 9.69. The van der Waals surface area contributed by atoms with E-state index < -0.39 is 23.0 Å². The number of aryl methyl sites for hydroxylation is 1. The fraction of sp³-hybridized carbons (Fsp3) is 0.684. The topological polar surface area (TPSA) is 98.8 Å². The number of benzene rings is 1. The van der Waals surface area contributed by atoms with Crippen LogP contribution in [0.4, 0.5) is 8.78 Å². The van der Waals surface area contributed by atoms with Gasteiger partial charge in [-0.2, -0.15) is 17.2 Å². The number of phenols is 1. The molecule has 0 aliphatic heterocycles. The van der Waals surface area contributed by atoms with Gasteiger partial charge in [-0.05, 0) is 85.0 Å². The molecule has 0 amide bonds. The van der Waals surface area contributed by atoms with Gasteiger partial charge in [0, 0.05) is 0 Å². The fourth-order valence-electron chi connectivity index (χ4n) is 6.05. The quantitative estimate of drug-likeness (QED) is 0.782. The van der Waals surface area contributed by atoms with Crippen molar-refractivity contribution in [1.82, 2.24) is 0 Å². The molecule has 0 saturated heterocycles. The summed E-state index contributed by atoms with van der Waals surface area (Å²) in [5.41, 5.74) is 1.66. The fourth-order valence-corrected chi connectivity index (χ4v) is 6.69. The maximum absolute atomic E-state index is 12.7. The highest BCUT2D eigenvalue weighted by Crippen LogP contribution is 2.62. The normalized spacial score (nSPS) is 34.6. The number of halogens is 2. The summed E-state index contributed by atoms with van der Waals surface area (Å²) >= 11 is 0. The monoisotopic (exact) mass is 417 g/mol. The third-order valence-electron chi connectivity index (χ3n) is 7.18. The average molecular weight is 417 g/mol. The highest BCUT2D eigenvalue weighted by molar-refractivity contribution is 7.84. The van der Waals surface area contributed by atoms with E-state index in [2.05, 4.69) is 11.7 Å². The van der Waals surface area contributed by atoms with Crippen LogP contribution in [0.1, 0.15) is 56.1 Å². The Morgan fingerprint density at radius 1 is 1.25 bits per heavy atom. The molecule has 0 unspecified atom stereocenters. The predicted molar refractivity (Wildman–Crippen MR) is 97.3 cm³/mol. The molecule has 2 fully saturated rings. The second kappa shape index (κ2) is 6.81. The molecule has 0 aromatic heterocycles. The number of hydrogen-bond donors (Lipinski definition) is 2. The molecule has 1 aromatic carbocycles. The van der Waals surface area contributed by atoms with Gasteiger partial charge in [-0.1, -0.05) is 6.92 Å². The molecule has 0 radical (unpaired) electrons. The van der Waals surface area contributed by atoms with E-state index in [1.807, 2.05) is 0 Å². The van der Waals surface area contributed by atoms with Gasteiger partial charge in [0.2, 0.25) is 0 Å². The van der Waals surface area contributed by atoms with E-state index in [4.69, 9.17) is 9.32 Å². The molecule has 0 bridgehead atoms. The number of ether oxygens (including phenoxy) is 1. The van der Waals surface area contributed by atoms with Crippen molar-refractivity contribution in [1.29, 1.82) is 0 Å². The molecular formula is C19H25F2NO5S. The molecule has 1 aromatic rings. The van der Waals surface area contributed by atoms with Crippen LogP contribution in [0.25, 0.3) is 0 Å². The van der Waals surface area contributed by atoms with Crippen LogP contribution in [0.3, 0.4) is 0 Å². The number of nitrogens with two attached hydrogens (primary N) is 1. The maximum atomic E-state index is 12.7. The van der Waals surface area contributed by atoms with Crippen molar-refractivity contribution in [3.8, 4) is 11.5 Å². The van der Waals surface area contributed by atoms with Crippen LogP contribution < -0.4 is 9.88 Å². The Labute approximate surface area is 163 Å². The van der Waals surface area contributed by atoms with Crippen LogP contribution >= 0.6 is 0 Å². The van der Waals surface area contributed by atoms with Gasteiger partial charge in [0.25, 0.3) is 0 Å². The summed E-state index contributed by atoms with van der Waals surface area (Å²) in [6, 6.07) is 3.10. The highest BCUT2D eigenvalue weighted by Gasteiger charge is 2.56. The van der Waals surface area contributed by atoms with Crippen LogP contribution in [-0.4, -0.2) is 26.2 Å². The van der Waals surface area contributed by atoms with Gasteiger partial charge >= 0.3 is 16.9 Å². The summed E-state index contributed by atoms with van der Waals surface area (Å²) in [5, 5.41) is 15.1. The van der Waals surface area contributed by atoms with Crippen LogP contribution in [0, 0.1) is 17.3 Å². The lowest BCUT2D eigenvalue weighted by atomic mass is 9.55. The predicted octanol–water partition coefficient (Wildman–Crippen LogP) is 3.44. The first kappa shape index (κ1) is 19.8. The van der Waals surface area contributed by atoms with Crippen molar-refractivity contribution in [2.45, 2.75) is 64.1 Å². The van der Waals surface area contributed by atoms with Gasteiger partial charge in [0.05, 0.1) is 6.10 Å². The van der Waals surface area contributed by atoms with Gasteiger partial charge in [0.1, 0.15) is 0 Å². The first-order valence-electron chi connectivity index (χ1n) is 9.60. The summed E-state index contributed by atoms with van der Waals surface area (Å²) < 4.78 is 58.0. The van der Waals surface area contributed by atoms with Crippen molar-refractivity contribution < 1.29 is 31.2 Å². The first-order chi connectivity index (χ1) is 13.1. The minimum Gasteiger partial charge on any atom is -0.504 e. The number of aromatic hydroxyl groups is 1. The Morgan fingerprint density at radius 3 is 2.68 bits per heavy atom. The summed E-state index contributed by atoms with van der Waals surface area (Å²) in [5.74, 6) is 0.310. The van der Waals surface area contributed by atoms with Crippen molar-refractivity contribution in [3.63, 3.8) is 0 Å². The van der Waals surface area contributed by atoms with E-state index in [9.17, 15) is 22.3 Å². The standard InChI is InChI=1S/C19H25F2NO5S/c1-19-7-6-11-12(14(19)4-5-17(19)27-28(22,24)25)3-2-10-8-15(23)16(9-13(10)11)26-18(20)21/h8-9,11-12,14,17-18,23H,2-7H2,1H3,(H2,22,24,25)/t11-,12+,14-,17-,19-/m0/s1. The van der Waals surface area contributed by atoms with Gasteiger partial charge < -0.3 is 9.84 Å². The smallest absolute Gasteiger partial charge is 0.387 e. The van der Waals surface area contributed by atoms with E-state index in [0.29, 0.717) is 12.3 Å². The Bertz CT molecular complexity index is 877. The number of alkyl halides is 2. The molecule has 3 N–H and O–H groups in total. The van der Waals surface area contributed by atoms with Crippen LogP contribution in [0.15, 0.2) is 12.1 Å². The lowest BCUT2D eigenvalue weighted by Gasteiger charge is -2.50. The summed E-state index contributed by atoms with van der Waals surface area (Å²) in [4.78, 5) is 0. The molecule has 4 rings (SSSR count). The molecule has 6 nitrogen and oxygen atoms in total. The minimum atomic E-state index is -4.01. The molecule has 9 heteroatoms. The molecule has 156 valence electrons. The zero-order valence-corrected chi connectivity index (χ0v) is 16.4. The van der Waals surface area contributed by atoms with Crippen LogP contribution in [0.2, 0.25) is 0 Å². The average Bonchev–Trinajstić information content (AvgIpc) is 2.90. The Morgan fingerprint density at radius 2 is 2.00 bits per heavy atom. The highest BCUT2D eigenvalue weighted by atomic mass is 32.2. The van der Waals surface area contributed by atoms with Gasteiger partial charge in [-0.15, -0.1) is 0 Å². The van der Waals surface area contributed by atoms with E-state index in [0.717, 1.165) is 43.2 Å². The lowest BCUT2D eigenvalue weighted by molar-refractivity contribution is -0.0515. The van der Waals surface area contributed by atoms with E-state index in [1.165, 1.54) is 0 Å². The third kappa shape index (κ3) is 3.37. The van der Waals surface area contributed by atoms with Crippen molar-refractivity contribution in [3.05, 3.63) is 23.3 Å². The zero-order chi connectivity index (χ0) is 20.3. The maximum Gasteiger partial charge on any atom is 0.387 e. The molecule has 3 aliphatic carbocycles. The number of rotatable bonds is 4. The minimum absolute atomic E-state index is 0.177. The number of phenolic OH excluding ortho intramolecular Hbond substituents is 1. The second-order valence-electron chi connectivity index (χ2n) is 8.51. The summed E-state index contributed by atoms with van der Waals surface area (Å²) in [6.45, 7) is -0.919. The largest absolute Gasteiger partial charge is 0.504 e. The van der Waals surface area contributed by atoms with E-state index in [-0.39, 0.29) is 28.7 Å². The SMILES string of the molecule is C[C@]12CC[C@@H]3c4cc(OC(F)F)c(O)cc4CC[C@H]3[C@@H]1CC[C@@H]2OS(N)(=O)=O. The molecule has 0 heterocycles. The molecule has 28 heavy (non-hydrogen) atoms. The molecule has 5 atom stereocenters. The van der Waals surface area contributed by atoms with E-state index >= 15 is 0 Å². The van der Waals surface area contributed by atoms with E-state index in [1.54, 1.807) is 12.1 Å². The molecule has 2 saturated carbocycles. The molecule has 3 aliphatic rings. The number of fused-ring (bicyclic) bond motifs is 5. The van der Waals surface area contributed by atoms with Gasteiger partial charge in [-0.3, -0.25) is 4.18 Å². The Hall–Kier alpha value is -1.45. The van der Waals surface area contributed by atoms with Crippen molar-refractivity contribution in [2.24, 2.45) is 22.4 Å². The van der Waals surface area contributed by atoms with Crippen molar-refractivity contribution in [2.75, 3.05) is 0 Å². The summed E-state index contributed by atoms with van der Waals surface area (Å²) in [6.07, 6.45) is 4.29. The van der Waals surface area contributed by atoms with Crippen molar-refractivity contribution >= 4 is 10.3 Å². The lowest BCUT2D eigenvalue weighted by Crippen LogP contribution is -2.45. The van der Waals surface area contributed by atoms with Crippen LogP contribution in [0.5, 0.6) is 11.5 Å². The van der Waals surface area contributed by atoms with Crippen LogP contribution in [-0.2, 0) is 20.9 Å². The zero-order valence-electron chi connectivity index (χ0n) is 15.6. The third-order valence-corrected chi connectivity index (χ3v) is 7.68. The number of hydrogen-bond acceptors (Lipinski definition) is 5. The Balaban J connectivity index is 1.63.